The van der Waals surface area contributed by atoms with Crippen LogP contribution in [0.2, 0.25) is 0 Å². The molecule has 0 heterocycles. The smallest absolute Gasteiger partial charge is 0.212 e. The van der Waals surface area contributed by atoms with E-state index < -0.39 is 10.0 Å². The Bertz CT molecular complexity index is 206. The Hall–Kier alpha value is -0.0900. The molecule has 0 spiro atoms. The molecule has 0 amide bonds. The van der Waals surface area contributed by atoms with Crippen LogP contribution in [0.25, 0.3) is 0 Å². The highest BCUT2D eigenvalue weighted by Gasteiger charge is 2.32. The molecule has 1 aliphatic rings. The molecule has 0 aliphatic heterocycles. The summed E-state index contributed by atoms with van der Waals surface area (Å²) in [6.45, 7) is 1.67. The van der Waals surface area contributed by atoms with Crippen molar-refractivity contribution in [3.63, 3.8) is 0 Å². The molecule has 1 rings (SSSR count). The first kappa shape index (κ1) is 8.01. The summed E-state index contributed by atoms with van der Waals surface area (Å²) in [6.07, 6.45) is 2.07. The molecule has 4 heteroatoms. The molecule has 0 aromatic heterocycles. The second-order valence-corrected chi connectivity index (χ2v) is 4.97. The maximum absolute atomic E-state index is 11.1. The molecular weight excluding hydrogens is 150 g/mol. The van der Waals surface area contributed by atoms with Gasteiger partial charge in [0, 0.05) is 13.1 Å². The highest BCUT2D eigenvalue weighted by atomic mass is 32.2. The van der Waals surface area contributed by atoms with E-state index in [-0.39, 0.29) is 5.75 Å². The summed E-state index contributed by atoms with van der Waals surface area (Å²) >= 11 is 0. The monoisotopic (exact) mass is 163 g/mol. The van der Waals surface area contributed by atoms with Gasteiger partial charge in [-0.15, -0.1) is 0 Å². The average Bonchev–Trinajstić information content (AvgIpc) is 2.68. The Morgan fingerprint density at radius 1 is 1.50 bits per heavy atom. The van der Waals surface area contributed by atoms with Crippen LogP contribution in [0.1, 0.15) is 19.8 Å². The van der Waals surface area contributed by atoms with Crippen molar-refractivity contribution in [3.05, 3.63) is 0 Å². The maximum Gasteiger partial charge on any atom is 0.213 e. The van der Waals surface area contributed by atoms with Gasteiger partial charge in [-0.3, -0.25) is 0 Å². The van der Waals surface area contributed by atoms with Crippen LogP contribution in [0.3, 0.4) is 0 Å². The zero-order valence-electron chi connectivity index (χ0n) is 6.37. The lowest BCUT2D eigenvalue weighted by Gasteiger charge is -2.13. The van der Waals surface area contributed by atoms with E-state index in [2.05, 4.69) is 0 Å². The van der Waals surface area contributed by atoms with Gasteiger partial charge < -0.3 is 0 Å². The van der Waals surface area contributed by atoms with Crippen molar-refractivity contribution in [1.82, 2.24) is 4.31 Å². The van der Waals surface area contributed by atoms with Gasteiger partial charge in [0.2, 0.25) is 10.0 Å². The summed E-state index contributed by atoms with van der Waals surface area (Å²) in [4.78, 5) is 0. The van der Waals surface area contributed by atoms with Crippen LogP contribution < -0.4 is 0 Å². The largest absolute Gasteiger partial charge is 0.213 e. The summed E-state index contributed by atoms with van der Waals surface area (Å²) < 4.78 is 23.7. The van der Waals surface area contributed by atoms with Crippen molar-refractivity contribution in [3.8, 4) is 0 Å². The van der Waals surface area contributed by atoms with E-state index in [1.165, 1.54) is 4.31 Å². The van der Waals surface area contributed by atoms with Crippen molar-refractivity contribution in [2.45, 2.75) is 25.8 Å². The normalized spacial score (nSPS) is 19.9. The van der Waals surface area contributed by atoms with E-state index in [1.54, 1.807) is 14.0 Å². The van der Waals surface area contributed by atoms with Crippen LogP contribution in [-0.2, 0) is 10.0 Å². The minimum atomic E-state index is -2.90. The van der Waals surface area contributed by atoms with Gasteiger partial charge in [-0.05, 0) is 19.8 Å². The van der Waals surface area contributed by atoms with Gasteiger partial charge in [0.1, 0.15) is 0 Å². The van der Waals surface area contributed by atoms with E-state index in [1.807, 2.05) is 0 Å². The molecule has 0 unspecified atom stereocenters. The second-order valence-electron chi connectivity index (χ2n) is 2.65. The number of rotatable bonds is 3. The zero-order chi connectivity index (χ0) is 7.78. The van der Waals surface area contributed by atoms with Crippen molar-refractivity contribution in [1.29, 1.82) is 0 Å². The first-order valence-electron chi connectivity index (χ1n) is 3.53. The Morgan fingerprint density at radius 3 is 2.30 bits per heavy atom. The van der Waals surface area contributed by atoms with E-state index >= 15 is 0 Å². The lowest BCUT2D eigenvalue weighted by Crippen LogP contribution is -2.30. The van der Waals surface area contributed by atoms with E-state index in [0.717, 1.165) is 12.8 Å². The molecule has 1 aliphatic carbocycles. The Morgan fingerprint density at radius 2 is 2.00 bits per heavy atom. The van der Waals surface area contributed by atoms with Crippen LogP contribution in [0, 0.1) is 0 Å². The Labute approximate surface area is 62.1 Å². The molecule has 0 aromatic carbocycles. The van der Waals surface area contributed by atoms with E-state index in [9.17, 15) is 8.42 Å². The number of hydrogen-bond acceptors (Lipinski definition) is 2. The first-order chi connectivity index (χ1) is 4.58. The average molecular weight is 163 g/mol. The summed E-state index contributed by atoms with van der Waals surface area (Å²) in [5.74, 6) is 0.222. The molecule has 0 atom stereocenters. The van der Waals surface area contributed by atoms with Crippen molar-refractivity contribution < 1.29 is 8.42 Å². The van der Waals surface area contributed by atoms with Crippen LogP contribution in [0.5, 0.6) is 0 Å². The summed E-state index contributed by atoms with van der Waals surface area (Å²) in [7, 11) is -1.24. The molecule has 0 bridgehead atoms. The van der Waals surface area contributed by atoms with E-state index in [0.29, 0.717) is 6.04 Å². The molecule has 1 saturated carbocycles. The number of hydrogen-bond donors (Lipinski definition) is 0. The van der Waals surface area contributed by atoms with E-state index in [4.69, 9.17) is 0 Å². The van der Waals surface area contributed by atoms with Crippen molar-refractivity contribution in [2.24, 2.45) is 0 Å². The molecular formula is C6H13NO2S. The third-order valence-electron chi connectivity index (χ3n) is 1.86. The predicted molar refractivity (Wildman–Crippen MR) is 40.2 cm³/mol. The first-order valence-corrected chi connectivity index (χ1v) is 5.14. The third-order valence-corrected chi connectivity index (χ3v) is 3.77. The van der Waals surface area contributed by atoms with Crippen LogP contribution in [-0.4, -0.2) is 31.6 Å². The van der Waals surface area contributed by atoms with Crippen molar-refractivity contribution >= 4 is 10.0 Å². The fourth-order valence-corrected chi connectivity index (χ4v) is 1.94. The molecule has 0 saturated heterocycles. The van der Waals surface area contributed by atoms with Gasteiger partial charge in [0.15, 0.2) is 0 Å². The highest BCUT2D eigenvalue weighted by Crippen LogP contribution is 2.27. The summed E-state index contributed by atoms with van der Waals surface area (Å²) in [6, 6.07) is 0.310. The minimum Gasteiger partial charge on any atom is -0.212 e. The van der Waals surface area contributed by atoms with Gasteiger partial charge in [-0.2, -0.15) is 0 Å². The van der Waals surface area contributed by atoms with Gasteiger partial charge in [0.05, 0.1) is 5.75 Å². The molecule has 60 valence electrons. The topological polar surface area (TPSA) is 37.4 Å². The van der Waals surface area contributed by atoms with Crippen LogP contribution in [0.15, 0.2) is 0 Å². The quantitative estimate of drug-likeness (QED) is 0.605. The standard InChI is InChI=1S/C6H13NO2S/c1-3-10(8,9)7(2)6-4-5-6/h6H,3-5H2,1-2H3. The van der Waals surface area contributed by atoms with Gasteiger partial charge in [-0.1, -0.05) is 0 Å². The Kier molecular flexibility index (Phi) is 2.01. The fraction of sp³-hybridized carbons (Fsp3) is 1.00. The molecule has 0 radical (unpaired) electrons. The lowest BCUT2D eigenvalue weighted by atomic mass is 10.7. The SMILES string of the molecule is CCS(=O)(=O)N(C)C1CC1. The molecule has 3 nitrogen and oxygen atoms in total. The second kappa shape index (κ2) is 2.51. The molecule has 1 fully saturated rings. The van der Waals surface area contributed by atoms with Crippen LogP contribution in [0.4, 0.5) is 0 Å². The van der Waals surface area contributed by atoms with Gasteiger partial charge in [0.25, 0.3) is 0 Å². The molecule has 0 aromatic rings. The minimum absolute atomic E-state index is 0.222. The maximum atomic E-state index is 11.1. The Balaban J connectivity index is 2.62. The number of nitrogens with zero attached hydrogens (tertiary/aromatic N) is 1. The molecule has 0 N–H and O–H groups in total. The predicted octanol–water partition coefficient (Wildman–Crippen LogP) is 0.430. The van der Waals surface area contributed by atoms with Crippen molar-refractivity contribution in [2.75, 3.05) is 12.8 Å². The summed E-state index contributed by atoms with van der Waals surface area (Å²) in [5, 5.41) is 0. The lowest BCUT2D eigenvalue weighted by molar-refractivity contribution is 0.465. The fourth-order valence-electron chi connectivity index (χ4n) is 0.869. The van der Waals surface area contributed by atoms with Gasteiger partial charge >= 0.3 is 0 Å². The van der Waals surface area contributed by atoms with Gasteiger partial charge in [-0.25, -0.2) is 12.7 Å². The van der Waals surface area contributed by atoms with Crippen LogP contribution >= 0.6 is 0 Å². The summed E-state index contributed by atoms with van der Waals surface area (Å²) in [5.41, 5.74) is 0. The zero-order valence-corrected chi connectivity index (χ0v) is 7.19. The highest BCUT2D eigenvalue weighted by molar-refractivity contribution is 7.89. The third kappa shape index (κ3) is 1.49. The molecule has 10 heavy (non-hydrogen) atoms. The number of sulfonamides is 1.